The van der Waals surface area contributed by atoms with E-state index in [9.17, 15) is 8.42 Å². The van der Waals surface area contributed by atoms with E-state index in [-0.39, 0.29) is 0 Å². The fourth-order valence-electron chi connectivity index (χ4n) is 4.84. The van der Waals surface area contributed by atoms with Crippen LogP contribution in [0.5, 0.6) is 0 Å². The van der Waals surface area contributed by atoms with Crippen molar-refractivity contribution in [2.75, 3.05) is 6.26 Å². The maximum absolute atomic E-state index is 13.1. The number of aromatic amines is 1. The van der Waals surface area contributed by atoms with Gasteiger partial charge in [0.2, 0.25) is 0 Å². The van der Waals surface area contributed by atoms with Crippen molar-refractivity contribution in [3.8, 4) is 0 Å². The number of hydrogen-bond donors (Lipinski definition) is 1. The summed E-state index contributed by atoms with van der Waals surface area (Å²) < 4.78 is 32.8. The number of benzene rings is 4. The van der Waals surface area contributed by atoms with E-state index in [4.69, 9.17) is 3.97 Å². The summed E-state index contributed by atoms with van der Waals surface area (Å²) in [7, 11) is -3.92. The van der Waals surface area contributed by atoms with Crippen molar-refractivity contribution < 1.29 is 12.4 Å². The van der Waals surface area contributed by atoms with Crippen LogP contribution in [0.1, 0.15) is 5.69 Å². The van der Waals surface area contributed by atoms with Crippen molar-refractivity contribution in [2.45, 2.75) is 6.16 Å². The van der Waals surface area contributed by atoms with Crippen LogP contribution >= 0.6 is 6.83 Å². The first-order valence-electron chi connectivity index (χ1n) is 10.9. The topological polar surface area (TPSA) is 72.1 Å². The molecule has 0 bridgehead atoms. The molecule has 1 aromatic heterocycles. The van der Waals surface area contributed by atoms with E-state index in [1.54, 1.807) is 0 Å². The average molecular weight is 489 g/mol. The Morgan fingerprint density at radius 2 is 1.15 bits per heavy atom. The second kappa shape index (κ2) is 8.48. The Bertz CT molecular complexity index is 1440. The van der Waals surface area contributed by atoms with Crippen LogP contribution in [0.2, 0.25) is 0 Å². The van der Waals surface area contributed by atoms with Crippen LogP contribution in [0, 0.1) is 0 Å². The monoisotopic (exact) mass is 488 g/mol. The fourth-order valence-corrected chi connectivity index (χ4v) is 13.2. The molecule has 172 valence electrons. The van der Waals surface area contributed by atoms with Crippen molar-refractivity contribution in [2.24, 2.45) is 0 Å². The van der Waals surface area contributed by atoms with Gasteiger partial charge in [-0.05, 0) is 0 Å². The van der Waals surface area contributed by atoms with Crippen LogP contribution in [0.25, 0.3) is 10.9 Å². The molecule has 0 aliphatic rings. The number of hydrogen-bond acceptors (Lipinski definition) is 4. The number of aromatic nitrogens is 2. The van der Waals surface area contributed by atoms with Crippen LogP contribution in [-0.2, 0) is 20.3 Å². The van der Waals surface area contributed by atoms with Gasteiger partial charge in [0.15, 0.2) is 0 Å². The molecule has 0 amide bonds. The van der Waals surface area contributed by atoms with E-state index in [1.807, 2.05) is 115 Å². The zero-order valence-electron chi connectivity index (χ0n) is 18.7. The summed E-state index contributed by atoms with van der Waals surface area (Å²) in [5.74, 6) is 0. The SMILES string of the molecule is CS(=O)(=O)OP(Cc1[nH]nc2ccccc12)(c1ccccc1)(c1ccccc1)c1ccccc1. The van der Waals surface area contributed by atoms with E-state index in [1.165, 1.54) is 0 Å². The second-order valence-corrected chi connectivity index (χ2v) is 14.7. The van der Waals surface area contributed by atoms with Crippen molar-refractivity contribution in [1.29, 1.82) is 0 Å². The van der Waals surface area contributed by atoms with Gasteiger partial charge in [0.05, 0.1) is 0 Å². The number of para-hydroxylation sites is 1. The first-order chi connectivity index (χ1) is 16.4. The minimum absolute atomic E-state index is 0.303. The number of rotatable bonds is 7. The molecule has 0 unspecified atom stereocenters. The van der Waals surface area contributed by atoms with Gasteiger partial charge in [-0.3, -0.25) is 0 Å². The average Bonchev–Trinajstić information content (AvgIpc) is 3.27. The summed E-state index contributed by atoms with van der Waals surface area (Å²) in [6, 6.07) is 37.0. The molecule has 0 atom stereocenters. The fraction of sp³-hybridized carbons (Fsp3) is 0.0741. The summed E-state index contributed by atoms with van der Waals surface area (Å²) in [6.45, 7) is -4.12. The number of fused-ring (bicyclic) bond motifs is 1. The van der Waals surface area contributed by atoms with Gasteiger partial charge in [-0.1, -0.05) is 0 Å². The Labute approximate surface area is 199 Å². The molecule has 7 heteroatoms. The Hall–Kier alpha value is -3.31. The molecular weight excluding hydrogens is 463 g/mol. The molecule has 0 saturated heterocycles. The van der Waals surface area contributed by atoms with Gasteiger partial charge >= 0.3 is 200 Å². The normalized spacial score (nSPS) is 13.4. The molecule has 4 aromatic carbocycles. The van der Waals surface area contributed by atoms with Gasteiger partial charge in [-0.25, -0.2) is 0 Å². The molecule has 0 spiro atoms. The Balaban J connectivity index is 1.98. The molecule has 34 heavy (non-hydrogen) atoms. The summed E-state index contributed by atoms with van der Waals surface area (Å²) >= 11 is 0. The molecule has 5 rings (SSSR count). The van der Waals surface area contributed by atoms with Crippen LogP contribution in [0.4, 0.5) is 0 Å². The van der Waals surface area contributed by atoms with Crippen molar-refractivity contribution in [1.82, 2.24) is 10.2 Å². The maximum atomic E-state index is 13.1. The minimum atomic E-state index is -4.12. The predicted molar refractivity (Wildman–Crippen MR) is 141 cm³/mol. The van der Waals surface area contributed by atoms with E-state index >= 15 is 0 Å². The molecule has 0 aliphatic heterocycles. The van der Waals surface area contributed by atoms with Crippen LogP contribution < -0.4 is 15.9 Å². The number of H-pyrrole nitrogens is 1. The van der Waals surface area contributed by atoms with Gasteiger partial charge < -0.3 is 0 Å². The third-order valence-corrected chi connectivity index (χ3v) is 13.7. The first-order valence-corrected chi connectivity index (χ1v) is 15.1. The zero-order valence-corrected chi connectivity index (χ0v) is 20.4. The van der Waals surface area contributed by atoms with Gasteiger partial charge in [0, 0.05) is 0 Å². The van der Waals surface area contributed by atoms with Crippen molar-refractivity contribution >= 4 is 43.8 Å². The molecule has 1 N–H and O–H groups in total. The Morgan fingerprint density at radius 1 is 0.706 bits per heavy atom. The Kier molecular flexibility index (Phi) is 5.61. The molecule has 5 nitrogen and oxygen atoms in total. The van der Waals surface area contributed by atoms with Gasteiger partial charge in [-0.15, -0.1) is 0 Å². The Morgan fingerprint density at radius 3 is 1.62 bits per heavy atom. The first kappa shape index (κ1) is 22.5. The van der Waals surface area contributed by atoms with Crippen LogP contribution in [0.15, 0.2) is 115 Å². The number of nitrogens with one attached hydrogen (secondary N) is 1. The molecular formula is C27H25N2O3PS. The molecule has 0 radical (unpaired) electrons. The van der Waals surface area contributed by atoms with Gasteiger partial charge in [0.1, 0.15) is 0 Å². The molecule has 0 saturated carbocycles. The zero-order chi connectivity index (χ0) is 23.7. The van der Waals surface area contributed by atoms with E-state index in [2.05, 4.69) is 10.2 Å². The molecule has 0 aliphatic carbocycles. The molecule has 5 aromatic rings. The number of nitrogens with zero attached hydrogens (tertiary/aromatic N) is 1. The summed E-state index contributed by atoms with van der Waals surface area (Å²) in [5.41, 5.74) is 1.65. The summed E-state index contributed by atoms with van der Waals surface area (Å²) in [4.78, 5) is 0. The third-order valence-electron chi connectivity index (χ3n) is 6.21. The predicted octanol–water partition coefficient (Wildman–Crippen LogP) is 4.48. The van der Waals surface area contributed by atoms with Crippen molar-refractivity contribution in [3.05, 3.63) is 121 Å². The summed E-state index contributed by atoms with van der Waals surface area (Å²) in [5, 5.41) is 11.1. The van der Waals surface area contributed by atoms with Crippen LogP contribution in [-0.4, -0.2) is 24.9 Å². The third kappa shape index (κ3) is 3.64. The van der Waals surface area contributed by atoms with Crippen LogP contribution in [0.3, 0.4) is 0 Å². The van der Waals surface area contributed by atoms with E-state index in [0.29, 0.717) is 6.16 Å². The quantitative estimate of drug-likeness (QED) is 0.343. The van der Waals surface area contributed by atoms with E-state index < -0.39 is 16.9 Å². The molecule has 0 fully saturated rings. The molecule has 1 heterocycles. The van der Waals surface area contributed by atoms with Crippen molar-refractivity contribution in [3.63, 3.8) is 0 Å². The van der Waals surface area contributed by atoms with E-state index in [0.717, 1.165) is 38.8 Å². The standard InChI is InChI=1S/C27H25N2O3PS/c1-34(30,31)32-33(22-13-5-2-6-14-22,23-15-7-3-8-16-23,24-17-9-4-10-18-24)21-27-25-19-11-12-20-26(25)28-29-27/h2-20H,21H2,1H3,(H,28,29). The summed E-state index contributed by atoms with van der Waals surface area (Å²) in [6.07, 6.45) is 1.44. The second-order valence-electron chi connectivity index (χ2n) is 8.38. The van der Waals surface area contributed by atoms with Gasteiger partial charge in [0.25, 0.3) is 0 Å². The van der Waals surface area contributed by atoms with Gasteiger partial charge in [-0.2, -0.15) is 0 Å².